The number of rotatable bonds is 5. The monoisotopic (exact) mass is 544 g/mol. The average Bonchev–Trinajstić information content (AvgIpc) is 3.29. The smallest absolute Gasteiger partial charge is 0.262 e. The predicted molar refractivity (Wildman–Crippen MR) is 136 cm³/mol. The molecule has 3 aromatic rings. The van der Waals surface area contributed by atoms with Gasteiger partial charge in [0.15, 0.2) is 0 Å². The highest BCUT2D eigenvalue weighted by molar-refractivity contribution is 9.10. The number of halogens is 2. The molecule has 0 fully saturated rings. The second-order valence-electron chi connectivity index (χ2n) is 8.20. The van der Waals surface area contributed by atoms with Crippen LogP contribution in [0.15, 0.2) is 82.2 Å². The zero-order valence-corrected chi connectivity index (χ0v) is 20.9. The van der Waals surface area contributed by atoms with E-state index in [0.29, 0.717) is 22.4 Å². The highest BCUT2D eigenvalue weighted by atomic mass is 79.9. The Labute approximate surface area is 207 Å². The molecule has 0 bridgehead atoms. The summed E-state index contributed by atoms with van der Waals surface area (Å²) in [6, 6.07) is 18.4. The van der Waals surface area contributed by atoms with E-state index in [1.54, 1.807) is 24.3 Å². The van der Waals surface area contributed by atoms with Crippen LogP contribution >= 0.6 is 27.5 Å². The van der Waals surface area contributed by atoms with Gasteiger partial charge >= 0.3 is 0 Å². The van der Waals surface area contributed by atoms with E-state index in [1.165, 1.54) is 18.7 Å². The summed E-state index contributed by atoms with van der Waals surface area (Å²) in [7, 11) is -2.36. The van der Waals surface area contributed by atoms with E-state index in [4.69, 9.17) is 16.3 Å². The number of nitrogens with one attached hydrogen (secondary N) is 2. The van der Waals surface area contributed by atoms with Crippen LogP contribution in [0, 0.1) is 5.92 Å². The van der Waals surface area contributed by atoms with Gasteiger partial charge in [-0.15, -0.1) is 0 Å². The van der Waals surface area contributed by atoms with Gasteiger partial charge < -0.3 is 10.1 Å². The molecule has 3 aromatic carbocycles. The molecule has 0 aromatic heterocycles. The van der Waals surface area contributed by atoms with Crippen LogP contribution < -0.4 is 14.8 Å². The fourth-order valence-corrected chi connectivity index (χ4v) is 6.54. The van der Waals surface area contributed by atoms with Crippen molar-refractivity contribution in [3.05, 3.63) is 93.4 Å². The Bertz CT molecular complexity index is 1360. The van der Waals surface area contributed by atoms with Crippen molar-refractivity contribution in [2.75, 3.05) is 17.1 Å². The van der Waals surface area contributed by atoms with Crippen molar-refractivity contribution < 1.29 is 13.2 Å². The first-order valence-electron chi connectivity index (χ1n) is 10.6. The quantitative estimate of drug-likeness (QED) is 0.349. The molecule has 3 atom stereocenters. The van der Waals surface area contributed by atoms with Gasteiger partial charge in [-0.2, -0.15) is 0 Å². The zero-order valence-electron chi connectivity index (χ0n) is 17.8. The molecule has 2 aliphatic rings. The van der Waals surface area contributed by atoms with Crippen LogP contribution in [0.25, 0.3) is 0 Å². The largest absolute Gasteiger partial charge is 0.495 e. The number of hydrogen-bond donors (Lipinski definition) is 2. The fourth-order valence-electron chi connectivity index (χ4n) is 4.74. The first kappa shape index (κ1) is 22.3. The molecule has 5 nitrogen and oxygen atoms in total. The Morgan fingerprint density at radius 3 is 2.70 bits per heavy atom. The molecule has 0 saturated carbocycles. The molecule has 1 aliphatic heterocycles. The lowest BCUT2D eigenvalue weighted by atomic mass is 9.77. The molecule has 1 aliphatic carbocycles. The Kier molecular flexibility index (Phi) is 5.89. The number of hydrogen-bond acceptors (Lipinski definition) is 4. The molecule has 8 heteroatoms. The Hall–Kier alpha value is -2.48. The Morgan fingerprint density at radius 2 is 1.91 bits per heavy atom. The van der Waals surface area contributed by atoms with Gasteiger partial charge in [-0.05, 0) is 65.9 Å². The van der Waals surface area contributed by atoms with Crippen molar-refractivity contribution in [1.82, 2.24) is 0 Å². The second-order valence-corrected chi connectivity index (χ2v) is 11.2. The van der Waals surface area contributed by atoms with E-state index in [-0.39, 0.29) is 16.9 Å². The van der Waals surface area contributed by atoms with Crippen molar-refractivity contribution in [1.29, 1.82) is 0 Å². The van der Waals surface area contributed by atoms with Gasteiger partial charge in [0, 0.05) is 21.1 Å². The fraction of sp³-hybridized carbons (Fsp3) is 0.200. The van der Waals surface area contributed by atoms with Crippen molar-refractivity contribution in [2.45, 2.75) is 23.3 Å². The molecule has 170 valence electrons. The van der Waals surface area contributed by atoms with Crippen molar-refractivity contribution in [2.24, 2.45) is 5.92 Å². The van der Waals surface area contributed by atoms with E-state index in [0.717, 1.165) is 22.1 Å². The predicted octanol–water partition coefficient (Wildman–Crippen LogP) is 6.74. The summed E-state index contributed by atoms with van der Waals surface area (Å²) < 4.78 is 35.4. The van der Waals surface area contributed by atoms with Crippen molar-refractivity contribution in [3.8, 4) is 5.75 Å². The SMILES string of the molecule is COc1ccc(Cl)cc1NS(=O)(=O)c1ccc2c(c1)[C@H]1C=CC[C@H]1[C@@H](c1ccccc1Br)N2. The third-order valence-corrected chi connectivity index (χ3v) is 8.61. The van der Waals surface area contributed by atoms with Crippen molar-refractivity contribution >= 4 is 48.9 Å². The van der Waals surface area contributed by atoms with Gasteiger partial charge in [-0.3, -0.25) is 4.72 Å². The summed E-state index contributed by atoms with van der Waals surface area (Å²) in [4.78, 5) is 0.198. The number of fused-ring (bicyclic) bond motifs is 3. The standard InChI is InChI=1S/C25H22BrClN2O3S/c1-32-24-12-9-15(27)13-23(24)29-33(30,31)16-10-11-22-20(14-16)17-6-4-7-18(17)25(28-22)19-5-2-3-8-21(19)26/h2-6,8-14,17-18,25,28-29H,7H2,1H3/t17-,18+,25-/m0/s1. The zero-order chi connectivity index (χ0) is 23.2. The highest BCUT2D eigenvalue weighted by Gasteiger charge is 2.39. The number of ether oxygens (including phenoxy) is 1. The van der Waals surface area contributed by atoms with E-state index in [1.807, 2.05) is 18.2 Å². The number of sulfonamides is 1. The van der Waals surface area contributed by atoms with Gasteiger partial charge in [0.2, 0.25) is 0 Å². The summed E-state index contributed by atoms with van der Waals surface area (Å²) in [6.07, 6.45) is 5.31. The third-order valence-electron chi connectivity index (χ3n) is 6.29. The van der Waals surface area contributed by atoms with E-state index >= 15 is 0 Å². The van der Waals surface area contributed by atoms with Gasteiger partial charge in [0.25, 0.3) is 10.0 Å². The summed E-state index contributed by atoms with van der Waals surface area (Å²) in [5.74, 6) is 0.835. The van der Waals surface area contributed by atoms with Gasteiger partial charge in [0.1, 0.15) is 5.75 Å². The average molecular weight is 546 g/mol. The topological polar surface area (TPSA) is 67.4 Å². The lowest BCUT2D eigenvalue weighted by Crippen LogP contribution is -2.29. The summed E-state index contributed by atoms with van der Waals surface area (Å²) in [6.45, 7) is 0. The van der Waals surface area contributed by atoms with Crippen LogP contribution in [0.4, 0.5) is 11.4 Å². The minimum Gasteiger partial charge on any atom is -0.495 e. The third kappa shape index (κ3) is 4.14. The molecular formula is C25H22BrClN2O3S. The first-order valence-corrected chi connectivity index (χ1v) is 13.2. The number of methoxy groups -OCH3 is 1. The molecule has 0 unspecified atom stereocenters. The number of anilines is 2. The molecule has 5 rings (SSSR count). The second kappa shape index (κ2) is 8.70. The Balaban J connectivity index is 1.51. The van der Waals surface area contributed by atoms with Crippen LogP contribution in [0.3, 0.4) is 0 Å². The molecule has 0 radical (unpaired) electrons. The summed E-state index contributed by atoms with van der Waals surface area (Å²) >= 11 is 9.76. The van der Waals surface area contributed by atoms with Gasteiger partial charge in [-0.1, -0.05) is 57.9 Å². The summed E-state index contributed by atoms with van der Waals surface area (Å²) in [5.41, 5.74) is 3.43. The van der Waals surface area contributed by atoms with Crippen LogP contribution in [0.2, 0.25) is 5.02 Å². The summed E-state index contributed by atoms with van der Waals surface area (Å²) in [5, 5.41) is 4.07. The minimum atomic E-state index is -3.85. The molecule has 0 amide bonds. The maximum absolute atomic E-state index is 13.2. The normalized spacial score (nSPS) is 21.1. The lowest BCUT2D eigenvalue weighted by Gasteiger charge is -2.38. The van der Waals surface area contributed by atoms with E-state index in [9.17, 15) is 8.42 Å². The van der Waals surface area contributed by atoms with Crippen molar-refractivity contribution in [3.63, 3.8) is 0 Å². The van der Waals surface area contributed by atoms with Crippen LogP contribution in [0.5, 0.6) is 5.75 Å². The minimum absolute atomic E-state index is 0.129. The van der Waals surface area contributed by atoms with Crippen LogP contribution in [-0.2, 0) is 10.0 Å². The molecule has 0 spiro atoms. The van der Waals surface area contributed by atoms with Gasteiger partial charge in [0.05, 0.1) is 23.7 Å². The molecule has 1 heterocycles. The molecule has 33 heavy (non-hydrogen) atoms. The highest BCUT2D eigenvalue weighted by Crippen LogP contribution is 2.51. The first-order chi connectivity index (χ1) is 15.9. The van der Waals surface area contributed by atoms with E-state index in [2.05, 4.69) is 50.3 Å². The maximum Gasteiger partial charge on any atom is 0.262 e. The lowest BCUT2D eigenvalue weighted by molar-refractivity contribution is 0.417. The number of allylic oxidation sites excluding steroid dienone is 2. The van der Waals surface area contributed by atoms with Crippen LogP contribution in [0.1, 0.15) is 29.5 Å². The molecular weight excluding hydrogens is 524 g/mol. The van der Waals surface area contributed by atoms with Crippen LogP contribution in [-0.4, -0.2) is 15.5 Å². The number of benzene rings is 3. The maximum atomic E-state index is 13.2. The molecule has 0 saturated heterocycles. The molecule has 2 N–H and O–H groups in total. The Morgan fingerprint density at radius 1 is 1.09 bits per heavy atom. The van der Waals surface area contributed by atoms with E-state index < -0.39 is 10.0 Å². The van der Waals surface area contributed by atoms with Gasteiger partial charge in [-0.25, -0.2) is 8.42 Å².